The van der Waals surface area contributed by atoms with Crippen molar-refractivity contribution >= 4 is 5.82 Å². The molecule has 1 aromatic rings. The molecule has 0 saturated carbocycles. The van der Waals surface area contributed by atoms with E-state index in [-0.39, 0.29) is 0 Å². The van der Waals surface area contributed by atoms with Gasteiger partial charge in [0.1, 0.15) is 11.6 Å². The Labute approximate surface area is 122 Å². The molecule has 1 aromatic heterocycles. The lowest BCUT2D eigenvalue weighted by molar-refractivity contribution is 0.174. The number of anilines is 1. The smallest absolute Gasteiger partial charge is 0.135 e. The average Bonchev–Trinajstić information content (AvgIpc) is 2.93. The molecule has 1 atom stereocenters. The van der Waals surface area contributed by atoms with Crippen LogP contribution in [0.2, 0.25) is 0 Å². The van der Waals surface area contributed by atoms with Gasteiger partial charge in [-0.1, -0.05) is 6.42 Å². The van der Waals surface area contributed by atoms with Crippen molar-refractivity contribution in [3.63, 3.8) is 0 Å². The van der Waals surface area contributed by atoms with Crippen LogP contribution in [0.4, 0.5) is 5.82 Å². The van der Waals surface area contributed by atoms with Crippen LogP contribution in [0, 0.1) is 20.8 Å². The highest BCUT2D eigenvalue weighted by molar-refractivity contribution is 5.49. The maximum Gasteiger partial charge on any atom is 0.135 e. The Kier molecular flexibility index (Phi) is 3.92. The van der Waals surface area contributed by atoms with Crippen molar-refractivity contribution in [2.24, 2.45) is 0 Å². The third-order valence-electron chi connectivity index (χ3n) is 4.85. The summed E-state index contributed by atoms with van der Waals surface area (Å²) < 4.78 is 0. The third-order valence-corrected chi connectivity index (χ3v) is 4.85. The van der Waals surface area contributed by atoms with Crippen molar-refractivity contribution in [2.45, 2.75) is 52.5 Å². The molecular formula is C16H26N4. The van der Waals surface area contributed by atoms with Crippen LogP contribution in [-0.2, 0) is 0 Å². The van der Waals surface area contributed by atoms with Crippen molar-refractivity contribution in [1.29, 1.82) is 0 Å². The van der Waals surface area contributed by atoms with E-state index < -0.39 is 0 Å². The van der Waals surface area contributed by atoms with Gasteiger partial charge in [-0.25, -0.2) is 9.97 Å². The summed E-state index contributed by atoms with van der Waals surface area (Å²) >= 11 is 0. The van der Waals surface area contributed by atoms with E-state index in [1.54, 1.807) is 0 Å². The fraction of sp³-hybridized carbons (Fsp3) is 0.750. The van der Waals surface area contributed by atoms with Crippen LogP contribution >= 0.6 is 0 Å². The lowest BCUT2D eigenvalue weighted by atomic mass is 10.1. The zero-order valence-corrected chi connectivity index (χ0v) is 13.0. The molecule has 0 aliphatic carbocycles. The van der Waals surface area contributed by atoms with E-state index in [1.807, 2.05) is 6.92 Å². The molecule has 0 spiro atoms. The molecule has 20 heavy (non-hydrogen) atoms. The molecule has 3 heterocycles. The van der Waals surface area contributed by atoms with E-state index >= 15 is 0 Å². The van der Waals surface area contributed by atoms with E-state index in [1.165, 1.54) is 44.3 Å². The summed E-state index contributed by atoms with van der Waals surface area (Å²) in [6.45, 7) is 11.1. The molecule has 0 aromatic carbocycles. The maximum absolute atomic E-state index is 4.69. The molecule has 110 valence electrons. The second-order valence-electron chi connectivity index (χ2n) is 6.29. The number of aryl methyl sites for hydroxylation is 2. The highest BCUT2D eigenvalue weighted by Gasteiger charge is 2.30. The first-order chi connectivity index (χ1) is 9.65. The summed E-state index contributed by atoms with van der Waals surface area (Å²) in [5.41, 5.74) is 2.36. The minimum absolute atomic E-state index is 0.727. The highest BCUT2D eigenvalue weighted by Crippen LogP contribution is 2.27. The van der Waals surface area contributed by atoms with Crippen LogP contribution in [0.5, 0.6) is 0 Å². The van der Waals surface area contributed by atoms with Gasteiger partial charge in [0.15, 0.2) is 0 Å². The fourth-order valence-corrected chi connectivity index (χ4v) is 3.57. The van der Waals surface area contributed by atoms with Gasteiger partial charge >= 0.3 is 0 Å². The number of hydrogen-bond acceptors (Lipinski definition) is 4. The lowest BCUT2D eigenvalue weighted by Crippen LogP contribution is -2.41. The molecule has 4 heteroatoms. The molecule has 3 rings (SSSR count). The van der Waals surface area contributed by atoms with Crippen molar-refractivity contribution in [1.82, 2.24) is 14.9 Å². The Morgan fingerprint density at radius 2 is 1.70 bits per heavy atom. The van der Waals surface area contributed by atoms with E-state index in [9.17, 15) is 0 Å². The predicted octanol–water partition coefficient (Wildman–Crippen LogP) is 2.47. The summed E-state index contributed by atoms with van der Waals surface area (Å²) in [7, 11) is 0. The molecular weight excluding hydrogens is 248 g/mol. The van der Waals surface area contributed by atoms with E-state index in [2.05, 4.69) is 28.6 Å². The summed E-state index contributed by atoms with van der Waals surface area (Å²) in [4.78, 5) is 14.3. The summed E-state index contributed by atoms with van der Waals surface area (Å²) in [5, 5.41) is 0. The average molecular weight is 274 g/mol. The van der Waals surface area contributed by atoms with E-state index in [4.69, 9.17) is 4.98 Å². The van der Waals surface area contributed by atoms with Crippen LogP contribution in [0.3, 0.4) is 0 Å². The second kappa shape index (κ2) is 5.68. The molecule has 2 fully saturated rings. The van der Waals surface area contributed by atoms with Gasteiger partial charge in [-0.3, -0.25) is 4.90 Å². The zero-order valence-electron chi connectivity index (χ0n) is 13.0. The molecule has 0 radical (unpaired) electrons. The Balaban J connectivity index is 1.73. The van der Waals surface area contributed by atoms with E-state index in [0.29, 0.717) is 0 Å². The van der Waals surface area contributed by atoms with Gasteiger partial charge in [0.05, 0.1) is 0 Å². The minimum Gasteiger partial charge on any atom is -0.355 e. The SMILES string of the molecule is Cc1nc(C)c(C)c(N2CCC(N3CCCCC3)C2)n1. The Morgan fingerprint density at radius 1 is 0.950 bits per heavy atom. The second-order valence-corrected chi connectivity index (χ2v) is 6.29. The Hall–Kier alpha value is -1.16. The van der Waals surface area contributed by atoms with Crippen LogP contribution in [0.15, 0.2) is 0 Å². The molecule has 1 unspecified atom stereocenters. The first-order valence-electron chi connectivity index (χ1n) is 7.96. The zero-order chi connectivity index (χ0) is 14.1. The van der Waals surface area contributed by atoms with Gasteiger partial charge in [0, 0.05) is 30.4 Å². The summed E-state index contributed by atoms with van der Waals surface area (Å²) in [6, 6.07) is 0.727. The highest BCUT2D eigenvalue weighted by atomic mass is 15.3. The van der Waals surface area contributed by atoms with Gasteiger partial charge in [-0.2, -0.15) is 0 Å². The first kappa shape index (κ1) is 13.8. The molecule has 0 N–H and O–H groups in total. The molecule has 4 nitrogen and oxygen atoms in total. The molecule has 0 bridgehead atoms. The summed E-state index contributed by atoms with van der Waals surface area (Å²) in [6.07, 6.45) is 5.44. The standard InChI is InChI=1S/C16H26N4/c1-12-13(2)17-14(3)18-16(12)20-10-7-15(11-20)19-8-5-4-6-9-19/h15H,4-11H2,1-3H3. The molecule has 2 aliphatic rings. The summed E-state index contributed by atoms with van der Waals surface area (Å²) in [5.74, 6) is 2.05. The molecule has 2 saturated heterocycles. The Bertz CT molecular complexity index is 480. The lowest BCUT2D eigenvalue weighted by Gasteiger charge is -2.32. The van der Waals surface area contributed by atoms with Crippen LogP contribution < -0.4 is 4.90 Å². The Morgan fingerprint density at radius 3 is 2.45 bits per heavy atom. The van der Waals surface area contributed by atoms with Crippen molar-refractivity contribution in [3.8, 4) is 0 Å². The minimum atomic E-state index is 0.727. The number of piperidine rings is 1. The third kappa shape index (κ3) is 2.66. The normalized spacial score (nSPS) is 24.4. The van der Waals surface area contributed by atoms with Gasteiger partial charge in [-0.05, 0) is 53.1 Å². The molecule has 0 amide bonds. The molecule has 2 aliphatic heterocycles. The van der Waals surface area contributed by atoms with Crippen molar-refractivity contribution in [3.05, 3.63) is 17.1 Å². The van der Waals surface area contributed by atoms with Crippen LogP contribution in [-0.4, -0.2) is 47.1 Å². The van der Waals surface area contributed by atoms with Crippen LogP contribution in [0.25, 0.3) is 0 Å². The quantitative estimate of drug-likeness (QED) is 0.829. The van der Waals surface area contributed by atoms with Crippen molar-refractivity contribution in [2.75, 3.05) is 31.1 Å². The largest absolute Gasteiger partial charge is 0.355 e. The number of nitrogens with zero attached hydrogens (tertiary/aromatic N) is 4. The van der Waals surface area contributed by atoms with Gasteiger partial charge in [0.25, 0.3) is 0 Å². The number of hydrogen-bond donors (Lipinski definition) is 0. The maximum atomic E-state index is 4.69. The fourth-order valence-electron chi connectivity index (χ4n) is 3.57. The van der Waals surface area contributed by atoms with Gasteiger partial charge in [0.2, 0.25) is 0 Å². The van der Waals surface area contributed by atoms with E-state index in [0.717, 1.165) is 36.5 Å². The number of rotatable bonds is 2. The first-order valence-corrected chi connectivity index (χ1v) is 7.96. The van der Waals surface area contributed by atoms with Gasteiger partial charge in [-0.15, -0.1) is 0 Å². The van der Waals surface area contributed by atoms with Gasteiger partial charge < -0.3 is 4.90 Å². The topological polar surface area (TPSA) is 32.3 Å². The van der Waals surface area contributed by atoms with Crippen LogP contribution in [0.1, 0.15) is 42.8 Å². The predicted molar refractivity (Wildman–Crippen MR) is 82.3 cm³/mol. The number of likely N-dealkylation sites (tertiary alicyclic amines) is 1. The van der Waals surface area contributed by atoms with Crippen molar-refractivity contribution < 1.29 is 0 Å². The number of aromatic nitrogens is 2. The monoisotopic (exact) mass is 274 g/mol.